The Labute approximate surface area is 127 Å². The van der Waals surface area contributed by atoms with E-state index in [1.54, 1.807) is 12.1 Å². The van der Waals surface area contributed by atoms with Crippen molar-refractivity contribution in [3.05, 3.63) is 35.4 Å². The Morgan fingerprint density at radius 3 is 2.00 bits per heavy atom. The fraction of sp³-hybridized carbons (Fsp3) is 0.333. The Balaban J connectivity index is 2.19. The molecule has 0 bridgehead atoms. The highest BCUT2D eigenvalue weighted by Gasteiger charge is 2.40. The number of carboxylic acids is 1. The predicted molar refractivity (Wildman–Crippen MR) is 76.3 cm³/mol. The van der Waals surface area contributed by atoms with Crippen LogP contribution in [0.5, 0.6) is 0 Å². The first-order valence-electron chi connectivity index (χ1n) is 6.63. The van der Waals surface area contributed by atoms with Gasteiger partial charge in [-0.15, -0.1) is 0 Å². The Morgan fingerprint density at radius 1 is 1.14 bits per heavy atom. The van der Waals surface area contributed by atoms with Crippen LogP contribution in [-0.2, 0) is 9.59 Å². The van der Waals surface area contributed by atoms with E-state index in [2.05, 4.69) is 0 Å². The van der Waals surface area contributed by atoms with Crippen molar-refractivity contribution in [1.29, 1.82) is 0 Å². The SMILES string of the molecule is CN(C(=O)CN1C(=O)c2ccccc2C1=O)C(C)(C)C(=O)O. The van der Waals surface area contributed by atoms with Gasteiger partial charge < -0.3 is 10.0 Å². The molecule has 0 saturated carbocycles. The number of benzene rings is 1. The second-order valence-corrected chi connectivity index (χ2v) is 5.56. The van der Waals surface area contributed by atoms with Gasteiger partial charge in [0.05, 0.1) is 11.1 Å². The van der Waals surface area contributed by atoms with E-state index in [0.717, 1.165) is 9.80 Å². The van der Waals surface area contributed by atoms with Crippen LogP contribution >= 0.6 is 0 Å². The molecule has 22 heavy (non-hydrogen) atoms. The standard InChI is InChI=1S/C15H16N2O5/c1-15(2,14(21)22)16(3)11(18)8-17-12(19)9-6-4-5-7-10(9)13(17)20/h4-7H,8H2,1-3H3,(H,21,22). The van der Waals surface area contributed by atoms with Crippen molar-refractivity contribution in [2.24, 2.45) is 0 Å². The van der Waals surface area contributed by atoms with E-state index in [1.165, 1.54) is 33.0 Å². The summed E-state index contributed by atoms with van der Waals surface area (Å²) in [7, 11) is 1.33. The van der Waals surface area contributed by atoms with E-state index in [-0.39, 0.29) is 11.1 Å². The third-order valence-electron chi connectivity index (χ3n) is 3.91. The number of carbonyl (C=O) groups excluding carboxylic acids is 3. The maximum Gasteiger partial charge on any atom is 0.329 e. The van der Waals surface area contributed by atoms with Crippen molar-refractivity contribution in [2.75, 3.05) is 13.6 Å². The number of aliphatic carboxylic acids is 1. The van der Waals surface area contributed by atoms with Crippen molar-refractivity contribution in [3.63, 3.8) is 0 Å². The molecule has 116 valence electrons. The van der Waals surface area contributed by atoms with E-state index in [1.807, 2.05) is 0 Å². The number of nitrogens with zero attached hydrogens (tertiary/aromatic N) is 2. The van der Waals surface area contributed by atoms with Crippen molar-refractivity contribution in [2.45, 2.75) is 19.4 Å². The van der Waals surface area contributed by atoms with Gasteiger partial charge in [0, 0.05) is 7.05 Å². The van der Waals surface area contributed by atoms with E-state index in [9.17, 15) is 19.2 Å². The summed E-state index contributed by atoms with van der Waals surface area (Å²) in [6.45, 7) is 2.25. The summed E-state index contributed by atoms with van der Waals surface area (Å²) < 4.78 is 0. The van der Waals surface area contributed by atoms with Crippen molar-refractivity contribution in [1.82, 2.24) is 9.80 Å². The Kier molecular flexibility index (Phi) is 3.74. The Morgan fingerprint density at radius 2 is 1.59 bits per heavy atom. The van der Waals surface area contributed by atoms with E-state index >= 15 is 0 Å². The minimum atomic E-state index is -1.43. The number of hydrogen-bond donors (Lipinski definition) is 1. The highest BCUT2D eigenvalue weighted by molar-refractivity contribution is 6.22. The topological polar surface area (TPSA) is 95.0 Å². The molecule has 1 heterocycles. The normalized spacial score (nSPS) is 14.0. The first kappa shape index (κ1) is 15.7. The summed E-state index contributed by atoms with van der Waals surface area (Å²) in [6.07, 6.45) is 0. The number of likely N-dealkylation sites (N-methyl/N-ethyl adjacent to an activating group) is 1. The van der Waals surface area contributed by atoms with Crippen LogP contribution in [0.2, 0.25) is 0 Å². The molecule has 0 aromatic heterocycles. The zero-order chi connectivity index (χ0) is 16.7. The molecule has 1 aliphatic rings. The van der Waals surface area contributed by atoms with Gasteiger partial charge in [-0.1, -0.05) is 12.1 Å². The van der Waals surface area contributed by atoms with E-state index in [4.69, 9.17) is 5.11 Å². The fourth-order valence-corrected chi connectivity index (χ4v) is 2.08. The quantitative estimate of drug-likeness (QED) is 0.822. The van der Waals surface area contributed by atoms with Crippen LogP contribution < -0.4 is 0 Å². The molecule has 0 radical (unpaired) electrons. The van der Waals surface area contributed by atoms with Crippen molar-refractivity contribution >= 4 is 23.7 Å². The van der Waals surface area contributed by atoms with Crippen LogP contribution in [0, 0.1) is 0 Å². The van der Waals surface area contributed by atoms with Crippen molar-refractivity contribution in [3.8, 4) is 0 Å². The molecule has 1 aliphatic heterocycles. The maximum absolute atomic E-state index is 12.2. The molecule has 0 aliphatic carbocycles. The predicted octanol–water partition coefficient (Wildman–Crippen LogP) is 0.604. The van der Waals surface area contributed by atoms with Gasteiger partial charge in [-0.05, 0) is 26.0 Å². The maximum atomic E-state index is 12.2. The van der Waals surface area contributed by atoms with Crippen LogP contribution in [0.3, 0.4) is 0 Å². The number of fused-ring (bicyclic) bond motifs is 1. The molecule has 0 saturated heterocycles. The second kappa shape index (κ2) is 5.25. The lowest BCUT2D eigenvalue weighted by molar-refractivity contribution is -0.155. The lowest BCUT2D eigenvalue weighted by Crippen LogP contribution is -2.53. The minimum Gasteiger partial charge on any atom is -0.480 e. The molecule has 7 nitrogen and oxygen atoms in total. The number of imide groups is 1. The monoisotopic (exact) mass is 304 g/mol. The van der Waals surface area contributed by atoms with Gasteiger partial charge in [0.25, 0.3) is 11.8 Å². The second-order valence-electron chi connectivity index (χ2n) is 5.56. The summed E-state index contributed by atoms with van der Waals surface area (Å²) in [4.78, 5) is 49.6. The molecule has 0 atom stereocenters. The molecule has 1 aromatic rings. The summed E-state index contributed by atoms with van der Waals surface area (Å²) in [5.41, 5.74) is -0.934. The first-order valence-corrected chi connectivity index (χ1v) is 6.63. The minimum absolute atomic E-state index is 0.250. The van der Waals surface area contributed by atoms with Crippen LogP contribution in [0.4, 0.5) is 0 Å². The summed E-state index contributed by atoms with van der Waals surface area (Å²) in [5, 5.41) is 9.13. The molecular formula is C15H16N2O5. The number of carboxylic acid groups (broad SMARTS) is 1. The largest absolute Gasteiger partial charge is 0.480 e. The average molecular weight is 304 g/mol. The molecule has 1 aromatic carbocycles. The zero-order valence-corrected chi connectivity index (χ0v) is 12.5. The number of hydrogen-bond acceptors (Lipinski definition) is 4. The Hall–Kier alpha value is -2.70. The zero-order valence-electron chi connectivity index (χ0n) is 12.5. The van der Waals surface area contributed by atoms with E-state index < -0.39 is 35.8 Å². The molecule has 1 N–H and O–H groups in total. The van der Waals surface area contributed by atoms with Crippen LogP contribution in [0.15, 0.2) is 24.3 Å². The molecule has 0 fully saturated rings. The van der Waals surface area contributed by atoms with Gasteiger partial charge >= 0.3 is 5.97 Å². The number of amides is 3. The van der Waals surface area contributed by atoms with Crippen LogP contribution in [0.1, 0.15) is 34.6 Å². The van der Waals surface area contributed by atoms with Crippen LogP contribution in [0.25, 0.3) is 0 Å². The van der Waals surface area contributed by atoms with Gasteiger partial charge in [0.15, 0.2) is 0 Å². The molecule has 0 unspecified atom stereocenters. The van der Waals surface area contributed by atoms with Gasteiger partial charge in [0.2, 0.25) is 5.91 Å². The third kappa shape index (κ3) is 2.34. The molecular weight excluding hydrogens is 288 g/mol. The fourth-order valence-electron chi connectivity index (χ4n) is 2.08. The molecule has 0 spiro atoms. The van der Waals surface area contributed by atoms with Crippen LogP contribution in [-0.4, -0.2) is 57.7 Å². The lowest BCUT2D eigenvalue weighted by Gasteiger charge is -2.32. The first-order chi connectivity index (χ1) is 10.2. The lowest BCUT2D eigenvalue weighted by atomic mass is 10.0. The van der Waals surface area contributed by atoms with Gasteiger partial charge in [-0.25, -0.2) is 4.79 Å². The highest BCUT2D eigenvalue weighted by Crippen LogP contribution is 2.23. The smallest absolute Gasteiger partial charge is 0.329 e. The number of rotatable bonds is 4. The van der Waals surface area contributed by atoms with E-state index in [0.29, 0.717) is 0 Å². The summed E-state index contributed by atoms with van der Waals surface area (Å²) in [6, 6.07) is 6.31. The van der Waals surface area contributed by atoms with Crippen molar-refractivity contribution < 1.29 is 24.3 Å². The average Bonchev–Trinajstić information content (AvgIpc) is 2.71. The Bertz CT molecular complexity index is 645. The van der Waals surface area contributed by atoms with Gasteiger partial charge in [0.1, 0.15) is 12.1 Å². The molecule has 7 heteroatoms. The third-order valence-corrected chi connectivity index (χ3v) is 3.91. The van der Waals surface area contributed by atoms with Gasteiger partial charge in [-0.2, -0.15) is 0 Å². The highest BCUT2D eigenvalue weighted by atomic mass is 16.4. The summed E-state index contributed by atoms with van der Waals surface area (Å²) >= 11 is 0. The van der Waals surface area contributed by atoms with Gasteiger partial charge in [-0.3, -0.25) is 19.3 Å². The number of carbonyl (C=O) groups is 4. The molecule has 3 amide bonds. The summed E-state index contributed by atoms with van der Waals surface area (Å²) in [5.74, 6) is -2.89. The molecule has 2 rings (SSSR count).